The lowest BCUT2D eigenvalue weighted by Gasteiger charge is -2.29. The van der Waals surface area contributed by atoms with E-state index in [1.807, 2.05) is 0 Å². The van der Waals surface area contributed by atoms with Gasteiger partial charge in [-0.2, -0.15) is 0 Å². The third-order valence-corrected chi connectivity index (χ3v) is 5.32. The van der Waals surface area contributed by atoms with Crippen LogP contribution in [0.15, 0.2) is 0 Å². The first-order valence-corrected chi connectivity index (χ1v) is 10.1. The third kappa shape index (κ3) is 7.23. The highest BCUT2D eigenvalue weighted by atomic mass is 16.5. The molecule has 0 aromatic heterocycles. The van der Waals surface area contributed by atoms with Crippen LogP contribution in [-0.4, -0.2) is 24.1 Å². The summed E-state index contributed by atoms with van der Waals surface area (Å²) in [6.45, 7) is 2.20. The van der Waals surface area contributed by atoms with Gasteiger partial charge >= 0.3 is 11.9 Å². The molecular weight excluding hydrogens is 304 g/mol. The molecule has 2 heterocycles. The number of esters is 2. The smallest absolute Gasteiger partial charge is 0.306 e. The lowest BCUT2D eigenvalue weighted by atomic mass is 9.88. The summed E-state index contributed by atoms with van der Waals surface area (Å²) in [6.07, 6.45) is 14.4. The fraction of sp³-hybridized carbons (Fsp3) is 0.900. The minimum Gasteiger partial charge on any atom is -0.462 e. The number of rotatable bonds is 9. The fourth-order valence-corrected chi connectivity index (χ4v) is 3.95. The van der Waals surface area contributed by atoms with E-state index in [-0.39, 0.29) is 24.1 Å². The SMILES string of the molecule is CCCCCC1CC(CCCCC2CCCCC(=O)O2)CC(=O)O1. The molecule has 0 amide bonds. The van der Waals surface area contributed by atoms with Crippen LogP contribution in [0.4, 0.5) is 0 Å². The maximum atomic E-state index is 11.8. The Kier molecular flexibility index (Phi) is 8.62. The van der Waals surface area contributed by atoms with Crippen molar-refractivity contribution in [2.24, 2.45) is 5.92 Å². The molecular formula is C20H34O4. The number of carbonyl (C=O) groups excluding carboxylic acids is 2. The topological polar surface area (TPSA) is 52.6 Å². The van der Waals surface area contributed by atoms with Crippen molar-refractivity contribution >= 4 is 11.9 Å². The zero-order valence-electron chi connectivity index (χ0n) is 15.3. The Morgan fingerprint density at radius 3 is 2.42 bits per heavy atom. The van der Waals surface area contributed by atoms with Gasteiger partial charge in [-0.15, -0.1) is 0 Å². The van der Waals surface area contributed by atoms with Gasteiger partial charge in [0.15, 0.2) is 0 Å². The quantitative estimate of drug-likeness (QED) is 0.441. The molecule has 24 heavy (non-hydrogen) atoms. The van der Waals surface area contributed by atoms with E-state index in [4.69, 9.17) is 9.47 Å². The molecule has 0 aliphatic carbocycles. The van der Waals surface area contributed by atoms with Crippen LogP contribution in [0.2, 0.25) is 0 Å². The van der Waals surface area contributed by atoms with Crippen molar-refractivity contribution < 1.29 is 19.1 Å². The molecule has 2 aliphatic heterocycles. The molecule has 138 valence electrons. The van der Waals surface area contributed by atoms with Gasteiger partial charge in [0.05, 0.1) is 0 Å². The molecule has 0 saturated carbocycles. The van der Waals surface area contributed by atoms with Gasteiger partial charge < -0.3 is 9.47 Å². The highest BCUT2D eigenvalue weighted by molar-refractivity contribution is 5.70. The maximum Gasteiger partial charge on any atom is 0.306 e. The van der Waals surface area contributed by atoms with Crippen LogP contribution in [0.5, 0.6) is 0 Å². The lowest BCUT2D eigenvalue weighted by molar-refractivity contribution is -0.157. The van der Waals surface area contributed by atoms with E-state index < -0.39 is 0 Å². The Balaban J connectivity index is 1.62. The first-order chi connectivity index (χ1) is 11.7. The molecule has 0 N–H and O–H groups in total. The summed E-state index contributed by atoms with van der Waals surface area (Å²) in [6, 6.07) is 0. The molecule has 0 radical (unpaired) electrons. The van der Waals surface area contributed by atoms with E-state index in [0.717, 1.165) is 64.2 Å². The first-order valence-electron chi connectivity index (χ1n) is 10.1. The first kappa shape index (κ1) is 19.3. The molecule has 2 saturated heterocycles. The predicted octanol–water partition coefficient (Wildman–Crippen LogP) is 4.93. The second kappa shape index (κ2) is 10.7. The van der Waals surface area contributed by atoms with Crippen LogP contribution in [0.1, 0.15) is 96.8 Å². The van der Waals surface area contributed by atoms with Gasteiger partial charge in [0.25, 0.3) is 0 Å². The Hall–Kier alpha value is -1.06. The van der Waals surface area contributed by atoms with Gasteiger partial charge in [0.2, 0.25) is 0 Å². The van der Waals surface area contributed by atoms with Crippen LogP contribution < -0.4 is 0 Å². The second-order valence-corrected chi connectivity index (χ2v) is 7.56. The highest BCUT2D eigenvalue weighted by Crippen LogP contribution is 2.29. The molecule has 0 bridgehead atoms. The van der Waals surface area contributed by atoms with Crippen molar-refractivity contribution in [2.75, 3.05) is 0 Å². The van der Waals surface area contributed by atoms with E-state index in [1.54, 1.807) is 0 Å². The van der Waals surface area contributed by atoms with Crippen LogP contribution in [0, 0.1) is 5.92 Å². The van der Waals surface area contributed by atoms with Crippen molar-refractivity contribution in [1.82, 2.24) is 0 Å². The fourth-order valence-electron chi connectivity index (χ4n) is 3.95. The third-order valence-electron chi connectivity index (χ3n) is 5.32. The van der Waals surface area contributed by atoms with Crippen molar-refractivity contribution in [2.45, 2.75) is 109 Å². The van der Waals surface area contributed by atoms with Crippen molar-refractivity contribution in [3.63, 3.8) is 0 Å². The van der Waals surface area contributed by atoms with Crippen LogP contribution in [0.25, 0.3) is 0 Å². The van der Waals surface area contributed by atoms with Crippen molar-refractivity contribution in [3.05, 3.63) is 0 Å². The molecule has 0 aromatic carbocycles. The number of unbranched alkanes of at least 4 members (excludes halogenated alkanes) is 3. The zero-order chi connectivity index (χ0) is 17.2. The van der Waals surface area contributed by atoms with E-state index in [2.05, 4.69) is 6.92 Å². The summed E-state index contributed by atoms with van der Waals surface area (Å²) in [5.41, 5.74) is 0. The second-order valence-electron chi connectivity index (χ2n) is 7.56. The monoisotopic (exact) mass is 338 g/mol. The number of cyclic esters (lactones) is 2. The standard InChI is InChI=1S/C20H34O4/c1-2-3-4-12-18-14-16(15-20(22)24-18)9-5-6-10-17-11-7-8-13-19(21)23-17/h16-18H,2-15H2,1H3. The normalized spacial score (nSPS) is 28.1. The largest absolute Gasteiger partial charge is 0.462 e. The van der Waals surface area contributed by atoms with E-state index >= 15 is 0 Å². The van der Waals surface area contributed by atoms with Crippen molar-refractivity contribution in [3.8, 4) is 0 Å². The predicted molar refractivity (Wildman–Crippen MR) is 93.6 cm³/mol. The Labute approximate surface area is 146 Å². The number of hydrogen-bond donors (Lipinski definition) is 0. The average Bonchev–Trinajstić information content (AvgIpc) is 2.75. The lowest BCUT2D eigenvalue weighted by Crippen LogP contribution is -2.29. The minimum absolute atomic E-state index is 0.00885. The molecule has 4 nitrogen and oxygen atoms in total. The van der Waals surface area contributed by atoms with Crippen LogP contribution >= 0.6 is 0 Å². The summed E-state index contributed by atoms with van der Waals surface area (Å²) in [4.78, 5) is 23.3. The van der Waals surface area contributed by atoms with Gasteiger partial charge in [0, 0.05) is 12.8 Å². The minimum atomic E-state index is -0.0255. The van der Waals surface area contributed by atoms with Gasteiger partial charge in [-0.1, -0.05) is 26.2 Å². The Bertz CT molecular complexity index is 393. The summed E-state index contributed by atoms with van der Waals surface area (Å²) < 4.78 is 11.0. The zero-order valence-corrected chi connectivity index (χ0v) is 15.3. The van der Waals surface area contributed by atoms with E-state index in [1.165, 1.54) is 12.8 Å². The number of hydrogen-bond acceptors (Lipinski definition) is 4. The molecule has 2 aliphatic rings. The molecule has 2 rings (SSSR count). The van der Waals surface area contributed by atoms with Gasteiger partial charge in [-0.25, -0.2) is 0 Å². The summed E-state index contributed by atoms with van der Waals surface area (Å²) >= 11 is 0. The molecule has 0 aromatic rings. The van der Waals surface area contributed by atoms with Crippen molar-refractivity contribution in [1.29, 1.82) is 0 Å². The molecule has 3 atom stereocenters. The Morgan fingerprint density at radius 2 is 1.58 bits per heavy atom. The van der Waals surface area contributed by atoms with Gasteiger partial charge in [-0.05, 0) is 63.7 Å². The van der Waals surface area contributed by atoms with E-state index in [9.17, 15) is 9.59 Å². The summed E-state index contributed by atoms with van der Waals surface area (Å²) in [5, 5.41) is 0. The molecule has 3 unspecified atom stereocenters. The molecule has 2 fully saturated rings. The van der Waals surface area contributed by atoms with Crippen LogP contribution in [0.3, 0.4) is 0 Å². The van der Waals surface area contributed by atoms with E-state index in [0.29, 0.717) is 18.8 Å². The summed E-state index contributed by atoms with van der Waals surface area (Å²) in [5.74, 6) is 0.447. The number of carbonyl (C=O) groups is 2. The molecule has 4 heteroatoms. The van der Waals surface area contributed by atoms with Gasteiger partial charge in [-0.3, -0.25) is 9.59 Å². The van der Waals surface area contributed by atoms with Crippen LogP contribution in [-0.2, 0) is 19.1 Å². The number of ether oxygens (including phenoxy) is 2. The maximum absolute atomic E-state index is 11.8. The average molecular weight is 338 g/mol. The Morgan fingerprint density at radius 1 is 0.875 bits per heavy atom. The summed E-state index contributed by atoms with van der Waals surface area (Å²) in [7, 11) is 0. The van der Waals surface area contributed by atoms with Gasteiger partial charge in [0.1, 0.15) is 12.2 Å². The highest BCUT2D eigenvalue weighted by Gasteiger charge is 2.28. The molecule has 0 spiro atoms.